The predicted molar refractivity (Wildman–Crippen MR) is 184 cm³/mol. The molecule has 3 N–H and O–H groups in total. The van der Waals surface area contributed by atoms with Crippen molar-refractivity contribution in [2.24, 2.45) is 5.92 Å². The third-order valence-electron chi connectivity index (χ3n) is 8.49. The average molecular weight is 663 g/mol. The second-order valence-corrected chi connectivity index (χ2v) is 12.5. The highest BCUT2D eigenvalue weighted by atomic mass is 19.1. The minimum atomic E-state index is -0.565. The molecule has 0 fully saturated rings. The summed E-state index contributed by atoms with van der Waals surface area (Å²) in [7, 11) is 1.77. The highest BCUT2D eigenvalue weighted by Gasteiger charge is 2.31. The zero-order valence-electron chi connectivity index (χ0n) is 28.2. The fourth-order valence-corrected chi connectivity index (χ4v) is 5.57. The Labute approximate surface area is 282 Å². The summed E-state index contributed by atoms with van der Waals surface area (Å²) >= 11 is 0. The zero-order chi connectivity index (χ0) is 34.6. The molecule has 11 heteroatoms. The maximum atomic E-state index is 14.3. The number of hydrogen-bond donors (Lipinski definition) is 3. The summed E-state index contributed by atoms with van der Waals surface area (Å²) in [6.07, 6.45) is 2.06. The Morgan fingerprint density at radius 1 is 1.02 bits per heavy atom. The number of halogens is 1. The van der Waals surface area contributed by atoms with Gasteiger partial charge in [-0.15, -0.1) is 0 Å². The molecule has 0 saturated heterocycles. The van der Waals surface area contributed by atoms with Crippen molar-refractivity contribution in [3.8, 4) is 5.75 Å². The normalized spacial score (nSPS) is 19.7. The van der Waals surface area contributed by atoms with Crippen molar-refractivity contribution in [3.05, 3.63) is 89.7 Å². The molecular weight excluding hydrogens is 615 g/mol. The van der Waals surface area contributed by atoms with Gasteiger partial charge in [-0.05, 0) is 81.1 Å². The van der Waals surface area contributed by atoms with Crippen LogP contribution in [-0.4, -0.2) is 84.4 Å². The first kappa shape index (κ1) is 36.4. The van der Waals surface area contributed by atoms with Crippen molar-refractivity contribution in [1.29, 1.82) is 0 Å². The SMILES string of the molecule is C[C@@H]1CCCCO[C@H](CN(C)C(=O)Cc2ccccc2)[C@@H](C)CN([C@H](C)CO)C(=O)c2cc(NC(=O)Nc3ccc(F)cc3)ccc2O1. The van der Waals surface area contributed by atoms with Crippen LogP contribution in [0.15, 0.2) is 72.8 Å². The van der Waals surface area contributed by atoms with Crippen molar-refractivity contribution in [3.63, 3.8) is 0 Å². The van der Waals surface area contributed by atoms with Crippen LogP contribution < -0.4 is 15.4 Å². The summed E-state index contributed by atoms with van der Waals surface area (Å²) in [5.41, 5.74) is 1.92. The van der Waals surface area contributed by atoms with Crippen LogP contribution in [0.4, 0.5) is 20.6 Å². The van der Waals surface area contributed by atoms with Gasteiger partial charge >= 0.3 is 6.03 Å². The van der Waals surface area contributed by atoms with Crippen LogP contribution in [0.5, 0.6) is 5.75 Å². The number of benzene rings is 3. The summed E-state index contributed by atoms with van der Waals surface area (Å²) in [6, 6.07) is 18.7. The van der Waals surface area contributed by atoms with E-state index in [-0.39, 0.29) is 55.1 Å². The minimum Gasteiger partial charge on any atom is -0.490 e. The number of aliphatic hydroxyl groups is 1. The lowest BCUT2D eigenvalue weighted by atomic mass is 10.0. The fourth-order valence-electron chi connectivity index (χ4n) is 5.57. The maximum absolute atomic E-state index is 14.3. The number of nitrogens with zero attached hydrogens (tertiary/aromatic N) is 2. The minimum absolute atomic E-state index is 0.0311. The number of nitrogens with one attached hydrogen (secondary N) is 2. The van der Waals surface area contributed by atoms with Gasteiger partial charge in [-0.1, -0.05) is 37.3 Å². The number of rotatable bonds is 8. The van der Waals surface area contributed by atoms with E-state index in [1.165, 1.54) is 24.3 Å². The van der Waals surface area contributed by atoms with Crippen LogP contribution in [0.25, 0.3) is 0 Å². The Kier molecular flexibility index (Phi) is 13.3. The molecule has 0 unspecified atom stereocenters. The molecule has 10 nitrogen and oxygen atoms in total. The average Bonchev–Trinajstić information content (AvgIpc) is 3.07. The van der Waals surface area contributed by atoms with Gasteiger partial charge in [-0.2, -0.15) is 0 Å². The molecular formula is C37H47FN4O6. The molecule has 1 heterocycles. The van der Waals surface area contributed by atoms with Crippen LogP contribution in [0, 0.1) is 11.7 Å². The molecule has 0 spiro atoms. The number of fused-ring (bicyclic) bond motifs is 1. The van der Waals surface area contributed by atoms with Crippen LogP contribution >= 0.6 is 0 Å². The van der Waals surface area contributed by atoms with Gasteiger partial charge in [-0.3, -0.25) is 9.59 Å². The molecule has 0 aliphatic carbocycles. The number of ether oxygens (including phenoxy) is 2. The molecule has 258 valence electrons. The molecule has 4 amide bonds. The Balaban J connectivity index is 1.57. The van der Waals surface area contributed by atoms with Crippen LogP contribution in [0.2, 0.25) is 0 Å². The molecule has 4 rings (SSSR count). The lowest BCUT2D eigenvalue weighted by Gasteiger charge is -2.36. The molecule has 1 aliphatic rings. The Bertz CT molecular complexity index is 1510. The summed E-state index contributed by atoms with van der Waals surface area (Å²) in [5.74, 6) is -0.661. The van der Waals surface area contributed by atoms with E-state index in [1.807, 2.05) is 44.2 Å². The summed E-state index contributed by atoms with van der Waals surface area (Å²) in [5, 5.41) is 15.6. The van der Waals surface area contributed by atoms with E-state index in [2.05, 4.69) is 10.6 Å². The molecule has 1 aliphatic heterocycles. The van der Waals surface area contributed by atoms with E-state index in [9.17, 15) is 23.9 Å². The van der Waals surface area contributed by atoms with Crippen LogP contribution in [-0.2, 0) is 16.0 Å². The van der Waals surface area contributed by atoms with Gasteiger partial charge in [0.15, 0.2) is 0 Å². The zero-order valence-corrected chi connectivity index (χ0v) is 28.2. The van der Waals surface area contributed by atoms with Crippen molar-refractivity contribution in [2.45, 2.75) is 64.7 Å². The number of aliphatic hydroxyl groups excluding tert-OH is 1. The van der Waals surface area contributed by atoms with Gasteiger partial charge in [0.1, 0.15) is 11.6 Å². The summed E-state index contributed by atoms with van der Waals surface area (Å²) in [6.45, 7) is 6.49. The molecule has 3 aromatic carbocycles. The Hall–Kier alpha value is -4.48. The Morgan fingerprint density at radius 2 is 1.71 bits per heavy atom. The van der Waals surface area contributed by atoms with E-state index in [0.29, 0.717) is 30.3 Å². The number of amides is 4. The molecule has 3 aromatic rings. The van der Waals surface area contributed by atoms with Gasteiger partial charge in [0.25, 0.3) is 5.91 Å². The van der Waals surface area contributed by atoms with E-state index in [0.717, 1.165) is 24.8 Å². The van der Waals surface area contributed by atoms with E-state index >= 15 is 0 Å². The summed E-state index contributed by atoms with van der Waals surface area (Å²) < 4.78 is 25.9. The maximum Gasteiger partial charge on any atom is 0.323 e. The van der Waals surface area contributed by atoms with E-state index in [1.54, 1.807) is 42.0 Å². The van der Waals surface area contributed by atoms with Gasteiger partial charge in [0.05, 0.1) is 36.8 Å². The van der Waals surface area contributed by atoms with Crippen molar-refractivity contribution >= 4 is 29.2 Å². The first-order valence-corrected chi connectivity index (χ1v) is 16.5. The van der Waals surface area contributed by atoms with Gasteiger partial charge in [0, 0.05) is 44.0 Å². The Morgan fingerprint density at radius 3 is 2.42 bits per heavy atom. The highest BCUT2D eigenvalue weighted by molar-refractivity contribution is 6.02. The number of likely N-dealkylation sites (N-methyl/N-ethyl adjacent to an activating group) is 1. The molecule has 0 bridgehead atoms. The van der Waals surface area contributed by atoms with Crippen LogP contribution in [0.3, 0.4) is 0 Å². The number of hydrogen-bond acceptors (Lipinski definition) is 6. The van der Waals surface area contributed by atoms with Crippen LogP contribution in [0.1, 0.15) is 56.0 Å². The smallest absolute Gasteiger partial charge is 0.323 e. The molecule has 4 atom stereocenters. The van der Waals surface area contributed by atoms with Gasteiger partial charge in [0.2, 0.25) is 5.91 Å². The molecule has 48 heavy (non-hydrogen) atoms. The summed E-state index contributed by atoms with van der Waals surface area (Å²) in [4.78, 5) is 43.5. The largest absolute Gasteiger partial charge is 0.490 e. The monoisotopic (exact) mass is 662 g/mol. The number of carbonyl (C=O) groups excluding carboxylic acids is 3. The lowest BCUT2D eigenvalue weighted by molar-refractivity contribution is -0.131. The first-order valence-electron chi connectivity index (χ1n) is 16.5. The van der Waals surface area contributed by atoms with Gasteiger partial charge < -0.3 is 35.0 Å². The van der Waals surface area contributed by atoms with Crippen molar-refractivity contribution in [1.82, 2.24) is 9.80 Å². The van der Waals surface area contributed by atoms with Crippen molar-refractivity contribution < 1.29 is 33.4 Å². The highest BCUT2D eigenvalue weighted by Crippen LogP contribution is 2.29. The number of urea groups is 1. The number of carbonyl (C=O) groups is 3. The second-order valence-electron chi connectivity index (χ2n) is 12.5. The lowest BCUT2D eigenvalue weighted by Crippen LogP contribution is -2.48. The second kappa shape index (κ2) is 17.6. The van der Waals surface area contributed by atoms with E-state index in [4.69, 9.17) is 9.47 Å². The molecule has 0 radical (unpaired) electrons. The third-order valence-corrected chi connectivity index (χ3v) is 8.49. The standard InChI is InChI=1S/C37H47FN4O6/c1-25-22-42(26(2)24-43)36(45)32-21-31(40-37(46)39-30-15-13-29(38)14-16-30)17-18-33(32)48-27(3)10-8-9-19-47-34(25)23-41(4)35(44)20-28-11-6-5-7-12-28/h5-7,11-18,21,25-27,34,43H,8-10,19-20,22-24H2,1-4H3,(H2,39,40,46)/t25-,26+,27+,34+/m0/s1. The topological polar surface area (TPSA) is 120 Å². The third kappa shape index (κ3) is 10.5. The first-order chi connectivity index (χ1) is 23.0. The van der Waals surface area contributed by atoms with Gasteiger partial charge in [-0.25, -0.2) is 9.18 Å². The molecule has 0 aromatic heterocycles. The van der Waals surface area contributed by atoms with E-state index < -0.39 is 17.9 Å². The molecule has 0 saturated carbocycles. The fraction of sp³-hybridized carbons (Fsp3) is 0.432. The number of anilines is 2. The quantitative estimate of drug-likeness (QED) is 0.274. The van der Waals surface area contributed by atoms with Crippen molar-refractivity contribution in [2.75, 3.05) is 44.0 Å². The predicted octanol–water partition coefficient (Wildman–Crippen LogP) is 5.97.